The van der Waals surface area contributed by atoms with E-state index in [-0.39, 0.29) is 16.3 Å². The predicted molar refractivity (Wildman–Crippen MR) is 93.7 cm³/mol. The molecule has 0 bridgehead atoms. The van der Waals surface area contributed by atoms with E-state index in [0.717, 1.165) is 12.1 Å². The molecule has 1 N–H and O–H groups in total. The molecule has 2 aromatic rings. The number of halogens is 2. The molecule has 1 amide bonds. The van der Waals surface area contributed by atoms with E-state index in [4.69, 9.17) is 16.3 Å². The van der Waals surface area contributed by atoms with Crippen LogP contribution < -0.4 is 5.32 Å². The number of benzene rings is 2. The zero-order valence-electron chi connectivity index (χ0n) is 13.3. The molecule has 0 aliphatic heterocycles. The second-order valence-corrected chi connectivity index (χ2v) is 6.99. The number of carbonyl (C=O) groups is 2. The van der Waals surface area contributed by atoms with E-state index in [2.05, 4.69) is 5.32 Å². The molecule has 5 nitrogen and oxygen atoms in total. The molecule has 0 saturated heterocycles. The first-order valence-electron chi connectivity index (χ1n) is 7.31. The number of ether oxygens (including phenoxy) is 1. The zero-order chi connectivity index (χ0) is 18.4. The molecule has 25 heavy (non-hydrogen) atoms. The van der Waals surface area contributed by atoms with Crippen molar-refractivity contribution in [1.29, 1.82) is 0 Å². The highest BCUT2D eigenvalue weighted by molar-refractivity contribution is 7.85. The Morgan fingerprint density at radius 1 is 1.24 bits per heavy atom. The molecule has 0 spiro atoms. The fraction of sp³-hybridized carbons (Fsp3) is 0.176. The molecule has 8 heteroatoms. The molecule has 0 radical (unpaired) electrons. The number of carbonyl (C=O) groups excluding carboxylic acids is 2. The first-order valence-corrected chi connectivity index (χ1v) is 9.01. The second kappa shape index (κ2) is 8.73. The van der Waals surface area contributed by atoms with Gasteiger partial charge < -0.3 is 10.1 Å². The van der Waals surface area contributed by atoms with Gasteiger partial charge in [0.1, 0.15) is 5.82 Å². The van der Waals surface area contributed by atoms with Crippen molar-refractivity contribution in [3.05, 3.63) is 58.9 Å². The van der Waals surface area contributed by atoms with Gasteiger partial charge in [0.2, 0.25) is 0 Å². The van der Waals surface area contributed by atoms with Gasteiger partial charge in [-0.1, -0.05) is 30.7 Å². The Kier molecular flexibility index (Phi) is 6.66. The number of esters is 1. The van der Waals surface area contributed by atoms with Gasteiger partial charge in [-0.05, 0) is 30.3 Å². The Hall–Kier alpha value is -2.25. The van der Waals surface area contributed by atoms with Crippen LogP contribution in [-0.4, -0.2) is 28.4 Å². The largest absolute Gasteiger partial charge is 0.452 e. The Bertz CT molecular complexity index is 828. The molecule has 0 saturated carbocycles. The molecule has 132 valence electrons. The topological polar surface area (TPSA) is 72.5 Å². The van der Waals surface area contributed by atoms with Gasteiger partial charge in [-0.2, -0.15) is 0 Å². The second-order valence-electron chi connectivity index (χ2n) is 4.88. The average molecular weight is 384 g/mol. The lowest BCUT2D eigenvalue weighted by molar-refractivity contribution is -0.119. The third kappa shape index (κ3) is 5.11. The van der Waals surface area contributed by atoms with Gasteiger partial charge in [0.25, 0.3) is 5.91 Å². The van der Waals surface area contributed by atoms with Crippen LogP contribution in [0, 0.1) is 5.82 Å². The van der Waals surface area contributed by atoms with Crippen LogP contribution in [0.15, 0.2) is 47.4 Å². The molecule has 0 aliphatic rings. The van der Waals surface area contributed by atoms with Gasteiger partial charge in [0.05, 0.1) is 32.0 Å². The maximum atomic E-state index is 13.0. The molecular weight excluding hydrogens is 369 g/mol. The molecule has 1 atom stereocenters. The number of nitrogens with one attached hydrogen (secondary N) is 1. The number of rotatable bonds is 6. The van der Waals surface area contributed by atoms with E-state index in [9.17, 15) is 18.2 Å². The van der Waals surface area contributed by atoms with Gasteiger partial charge >= 0.3 is 5.97 Å². The summed E-state index contributed by atoms with van der Waals surface area (Å²) in [6, 6.07) is 9.85. The van der Waals surface area contributed by atoms with Crippen LogP contribution in [0.5, 0.6) is 0 Å². The highest BCUT2D eigenvalue weighted by Gasteiger charge is 2.17. The lowest BCUT2D eigenvalue weighted by atomic mass is 10.2. The maximum Gasteiger partial charge on any atom is 0.339 e. The summed E-state index contributed by atoms with van der Waals surface area (Å²) in [5.74, 6) is -1.56. The summed E-state index contributed by atoms with van der Waals surface area (Å²) in [6.07, 6.45) is 0. The minimum absolute atomic E-state index is 0.0309. The summed E-state index contributed by atoms with van der Waals surface area (Å²) in [5.41, 5.74) is 0.354. The molecule has 0 fully saturated rings. The standard InChI is InChI=1S/C17H15ClFNO4S/c1-2-25(23)15-6-4-3-5-12(15)17(22)24-10-16(21)20-14-8-7-11(19)9-13(14)18/h3-9H,2,10H2,1H3,(H,20,21)/t25-/m0/s1. The summed E-state index contributed by atoms with van der Waals surface area (Å²) in [6.45, 7) is 1.18. The number of anilines is 1. The van der Waals surface area contributed by atoms with Crippen molar-refractivity contribution >= 4 is 40.0 Å². The molecule has 0 unspecified atom stereocenters. The Labute approximate surface area is 151 Å². The van der Waals surface area contributed by atoms with E-state index >= 15 is 0 Å². The van der Waals surface area contributed by atoms with Crippen molar-refractivity contribution in [2.75, 3.05) is 17.7 Å². The first kappa shape index (κ1) is 19.1. The minimum Gasteiger partial charge on any atom is -0.452 e. The van der Waals surface area contributed by atoms with Gasteiger partial charge in [-0.25, -0.2) is 9.18 Å². The van der Waals surface area contributed by atoms with Gasteiger partial charge in [-0.15, -0.1) is 0 Å². The van der Waals surface area contributed by atoms with E-state index in [1.165, 1.54) is 12.1 Å². The Balaban J connectivity index is 2.00. The van der Waals surface area contributed by atoms with Crippen LogP contribution in [0.2, 0.25) is 5.02 Å². The summed E-state index contributed by atoms with van der Waals surface area (Å²) >= 11 is 5.81. The van der Waals surface area contributed by atoms with Crippen LogP contribution in [0.1, 0.15) is 17.3 Å². The highest BCUT2D eigenvalue weighted by Crippen LogP contribution is 2.22. The number of amides is 1. The lowest BCUT2D eigenvalue weighted by Crippen LogP contribution is -2.21. The average Bonchev–Trinajstić information content (AvgIpc) is 2.61. The molecule has 0 aliphatic carbocycles. The fourth-order valence-electron chi connectivity index (χ4n) is 1.98. The van der Waals surface area contributed by atoms with Crippen LogP contribution >= 0.6 is 11.6 Å². The van der Waals surface area contributed by atoms with Crippen molar-refractivity contribution in [3.8, 4) is 0 Å². The van der Waals surface area contributed by atoms with E-state index in [1.54, 1.807) is 25.1 Å². The van der Waals surface area contributed by atoms with E-state index in [0.29, 0.717) is 10.6 Å². The van der Waals surface area contributed by atoms with Crippen LogP contribution in [-0.2, 0) is 20.3 Å². The molecule has 0 heterocycles. The van der Waals surface area contributed by atoms with Crippen LogP contribution in [0.4, 0.5) is 10.1 Å². The van der Waals surface area contributed by atoms with E-state index < -0.39 is 35.1 Å². The molecule has 0 aromatic heterocycles. The van der Waals surface area contributed by atoms with E-state index in [1.807, 2.05) is 0 Å². The van der Waals surface area contributed by atoms with Crippen LogP contribution in [0.3, 0.4) is 0 Å². The monoisotopic (exact) mass is 383 g/mol. The minimum atomic E-state index is -1.33. The molecule has 2 aromatic carbocycles. The molecular formula is C17H15ClFNO4S. The Morgan fingerprint density at radius 2 is 1.96 bits per heavy atom. The smallest absolute Gasteiger partial charge is 0.339 e. The van der Waals surface area contributed by atoms with Crippen molar-refractivity contribution in [1.82, 2.24) is 0 Å². The SMILES string of the molecule is CC[S@](=O)c1ccccc1C(=O)OCC(=O)Nc1ccc(F)cc1Cl. The number of hydrogen-bond donors (Lipinski definition) is 1. The number of hydrogen-bond acceptors (Lipinski definition) is 4. The zero-order valence-corrected chi connectivity index (χ0v) is 14.8. The summed E-state index contributed by atoms with van der Waals surface area (Å²) in [4.78, 5) is 24.4. The molecule has 2 rings (SSSR count). The predicted octanol–water partition coefficient (Wildman–Crippen LogP) is 3.40. The third-order valence-corrected chi connectivity index (χ3v) is 4.84. The normalized spacial score (nSPS) is 11.6. The van der Waals surface area contributed by atoms with Crippen molar-refractivity contribution in [2.24, 2.45) is 0 Å². The quantitative estimate of drug-likeness (QED) is 0.776. The van der Waals surface area contributed by atoms with Crippen molar-refractivity contribution in [2.45, 2.75) is 11.8 Å². The summed E-state index contributed by atoms with van der Waals surface area (Å²) < 4.78 is 29.9. The third-order valence-electron chi connectivity index (χ3n) is 3.15. The van der Waals surface area contributed by atoms with Crippen LogP contribution in [0.25, 0.3) is 0 Å². The van der Waals surface area contributed by atoms with Crippen molar-refractivity contribution in [3.63, 3.8) is 0 Å². The first-order chi connectivity index (χ1) is 11.9. The summed E-state index contributed by atoms with van der Waals surface area (Å²) in [7, 11) is -1.33. The lowest BCUT2D eigenvalue weighted by Gasteiger charge is -2.10. The van der Waals surface area contributed by atoms with Crippen molar-refractivity contribution < 1.29 is 22.9 Å². The van der Waals surface area contributed by atoms with Gasteiger partial charge in [0.15, 0.2) is 6.61 Å². The van der Waals surface area contributed by atoms with Gasteiger partial charge in [-0.3, -0.25) is 9.00 Å². The maximum absolute atomic E-state index is 13.0. The van der Waals surface area contributed by atoms with Gasteiger partial charge in [0, 0.05) is 5.75 Å². The fourth-order valence-corrected chi connectivity index (χ4v) is 3.13. The Morgan fingerprint density at radius 3 is 2.64 bits per heavy atom. The highest BCUT2D eigenvalue weighted by atomic mass is 35.5. The summed E-state index contributed by atoms with van der Waals surface area (Å²) in [5, 5.41) is 2.45.